The Hall–Kier alpha value is -0.750. The van der Waals surface area contributed by atoms with Crippen molar-refractivity contribution in [3.63, 3.8) is 0 Å². The lowest BCUT2D eigenvalue weighted by atomic mass is 9.86. The summed E-state index contributed by atoms with van der Waals surface area (Å²) in [4.78, 5) is 12.2. The highest BCUT2D eigenvalue weighted by Gasteiger charge is 2.66. The average Bonchev–Trinajstić information content (AvgIpc) is 2.70. The van der Waals surface area contributed by atoms with Crippen molar-refractivity contribution in [3.05, 3.63) is 0 Å². The van der Waals surface area contributed by atoms with Gasteiger partial charge in [0.1, 0.15) is 0 Å². The predicted molar refractivity (Wildman–Crippen MR) is 46.7 cm³/mol. The van der Waals surface area contributed by atoms with Gasteiger partial charge in [-0.25, -0.2) is 4.79 Å². The van der Waals surface area contributed by atoms with Gasteiger partial charge in [-0.05, 0) is 25.8 Å². The molecule has 2 heterocycles. The fourth-order valence-electron chi connectivity index (χ4n) is 2.67. The van der Waals surface area contributed by atoms with Gasteiger partial charge in [0.05, 0.1) is 0 Å². The molecule has 0 aromatic rings. The number of aliphatic carboxylic acids is 1. The summed E-state index contributed by atoms with van der Waals surface area (Å²) in [6.07, 6.45) is 1.01. The maximum atomic E-state index is 13.4. The van der Waals surface area contributed by atoms with E-state index in [4.69, 9.17) is 5.11 Å². The molecule has 15 heavy (non-hydrogen) atoms. The van der Waals surface area contributed by atoms with E-state index in [1.54, 1.807) is 4.90 Å². The van der Waals surface area contributed by atoms with E-state index >= 15 is 0 Å². The Morgan fingerprint density at radius 2 is 2.13 bits per heavy atom. The molecule has 0 aromatic heterocycles. The first-order valence-corrected chi connectivity index (χ1v) is 4.97. The zero-order chi connectivity index (χ0) is 11.3. The molecule has 2 saturated heterocycles. The van der Waals surface area contributed by atoms with E-state index in [-0.39, 0.29) is 6.42 Å². The van der Waals surface area contributed by atoms with Crippen LogP contribution < -0.4 is 0 Å². The minimum Gasteiger partial charge on any atom is -0.477 e. The zero-order valence-electron chi connectivity index (χ0n) is 8.12. The third-order valence-electron chi connectivity index (χ3n) is 3.51. The molecule has 0 saturated carbocycles. The van der Waals surface area contributed by atoms with Crippen LogP contribution in [0.2, 0.25) is 0 Å². The summed E-state index contributed by atoms with van der Waals surface area (Å²) in [5.74, 6) is -6.30. The molecule has 2 unspecified atom stereocenters. The Kier molecular flexibility index (Phi) is 2.24. The number of carboxylic acids is 1. The first kappa shape index (κ1) is 10.8. The third-order valence-corrected chi connectivity index (χ3v) is 3.51. The largest absolute Gasteiger partial charge is 0.477 e. The van der Waals surface area contributed by atoms with Crippen LogP contribution in [-0.4, -0.2) is 51.7 Å². The van der Waals surface area contributed by atoms with Gasteiger partial charge in [-0.1, -0.05) is 0 Å². The van der Waals surface area contributed by atoms with Crippen LogP contribution >= 0.6 is 0 Å². The van der Waals surface area contributed by atoms with Crippen LogP contribution in [-0.2, 0) is 4.79 Å². The molecule has 0 spiro atoms. The van der Waals surface area contributed by atoms with Crippen molar-refractivity contribution in [1.82, 2.24) is 4.90 Å². The second-order valence-corrected chi connectivity index (χ2v) is 4.25. The molecular weight excluding hydrogens is 208 g/mol. The molecule has 0 aliphatic carbocycles. The van der Waals surface area contributed by atoms with E-state index in [2.05, 4.69) is 0 Å². The molecule has 2 rings (SSSR count). The summed E-state index contributed by atoms with van der Waals surface area (Å²) in [7, 11) is 0. The molecule has 0 bridgehead atoms. The van der Waals surface area contributed by atoms with Crippen LogP contribution in [0.4, 0.5) is 8.78 Å². The summed E-state index contributed by atoms with van der Waals surface area (Å²) < 4.78 is 26.8. The number of fused-ring (bicyclic) bond motifs is 1. The van der Waals surface area contributed by atoms with E-state index < -0.39 is 23.5 Å². The van der Waals surface area contributed by atoms with Crippen LogP contribution in [0, 0.1) is 0 Å². The first-order chi connectivity index (χ1) is 6.89. The monoisotopic (exact) mass is 221 g/mol. The molecule has 0 aromatic carbocycles. The van der Waals surface area contributed by atoms with Crippen molar-refractivity contribution in [2.45, 2.75) is 36.8 Å². The molecule has 2 atom stereocenters. The Labute approximate surface area is 85.5 Å². The quantitative estimate of drug-likeness (QED) is 0.704. The van der Waals surface area contributed by atoms with Gasteiger partial charge in [-0.3, -0.25) is 4.90 Å². The summed E-state index contributed by atoms with van der Waals surface area (Å²) >= 11 is 0. The second-order valence-electron chi connectivity index (χ2n) is 4.25. The number of rotatable bonds is 2. The zero-order valence-corrected chi connectivity index (χ0v) is 8.12. The fourth-order valence-corrected chi connectivity index (χ4v) is 2.67. The van der Waals surface area contributed by atoms with Gasteiger partial charge in [-0.15, -0.1) is 0 Å². The molecular formula is C9H13F2NO3. The van der Waals surface area contributed by atoms with Crippen molar-refractivity contribution in [1.29, 1.82) is 0 Å². The molecule has 2 aliphatic rings. The molecule has 2 fully saturated rings. The molecule has 86 valence electrons. The Bertz CT molecular complexity index is 297. The molecule has 0 radical (unpaired) electrons. The number of hydrogen-bond donors (Lipinski definition) is 2. The normalized spacial score (nSPS) is 36.9. The van der Waals surface area contributed by atoms with Gasteiger partial charge in [-0.2, -0.15) is 8.78 Å². The molecule has 4 nitrogen and oxygen atoms in total. The van der Waals surface area contributed by atoms with E-state index in [1.807, 2.05) is 0 Å². The highest BCUT2D eigenvalue weighted by molar-refractivity contribution is 5.77. The summed E-state index contributed by atoms with van der Waals surface area (Å²) in [6.45, 7) is 1.02. The Morgan fingerprint density at radius 1 is 1.47 bits per heavy atom. The van der Waals surface area contributed by atoms with E-state index in [0.717, 1.165) is 6.42 Å². The summed E-state index contributed by atoms with van der Waals surface area (Å²) in [5.41, 5.74) is -2.39. The van der Waals surface area contributed by atoms with Gasteiger partial charge >= 0.3 is 11.9 Å². The van der Waals surface area contributed by atoms with Crippen LogP contribution in [0.3, 0.4) is 0 Å². The Balaban J connectivity index is 2.30. The van der Waals surface area contributed by atoms with Crippen molar-refractivity contribution >= 4 is 5.97 Å². The SMILES string of the molecule is O=C(O)C(F)(F)C1(O)CCN2CCCC21. The van der Waals surface area contributed by atoms with Crippen molar-refractivity contribution in [2.24, 2.45) is 0 Å². The van der Waals surface area contributed by atoms with Crippen LogP contribution in [0.15, 0.2) is 0 Å². The Morgan fingerprint density at radius 3 is 2.73 bits per heavy atom. The second kappa shape index (κ2) is 3.12. The predicted octanol–water partition coefficient (Wildman–Crippen LogP) is 0.306. The minimum absolute atomic E-state index is 0.170. The topological polar surface area (TPSA) is 60.8 Å². The summed E-state index contributed by atoms with van der Waals surface area (Å²) in [5, 5.41) is 18.3. The highest BCUT2D eigenvalue weighted by atomic mass is 19.3. The lowest BCUT2D eigenvalue weighted by molar-refractivity contribution is -0.212. The number of aliphatic hydroxyl groups is 1. The van der Waals surface area contributed by atoms with Crippen LogP contribution in [0.1, 0.15) is 19.3 Å². The van der Waals surface area contributed by atoms with E-state index in [9.17, 15) is 18.7 Å². The van der Waals surface area contributed by atoms with Crippen molar-refractivity contribution in [2.75, 3.05) is 13.1 Å². The fraction of sp³-hybridized carbons (Fsp3) is 0.889. The number of carboxylic acid groups (broad SMARTS) is 1. The standard InChI is InChI=1S/C9H13F2NO3/c10-9(11,7(13)14)8(15)3-5-12-4-1-2-6(8)12/h6,15H,1-5H2,(H,13,14). The van der Waals surface area contributed by atoms with Gasteiger partial charge in [0.15, 0.2) is 5.60 Å². The highest BCUT2D eigenvalue weighted by Crippen LogP contribution is 2.45. The number of carbonyl (C=O) groups is 1. The van der Waals surface area contributed by atoms with Gasteiger partial charge in [0.2, 0.25) is 0 Å². The lowest BCUT2D eigenvalue weighted by Crippen LogP contribution is -2.58. The molecule has 2 aliphatic heterocycles. The smallest absolute Gasteiger partial charge is 0.377 e. The molecule has 0 amide bonds. The van der Waals surface area contributed by atoms with Crippen LogP contribution in [0.5, 0.6) is 0 Å². The maximum absolute atomic E-state index is 13.4. The summed E-state index contributed by atoms with van der Waals surface area (Å²) in [6, 6.07) is -0.705. The van der Waals surface area contributed by atoms with Crippen molar-refractivity contribution in [3.8, 4) is 0 Å². The maximum Gasteiger partial charge on any atom is 0.377 e. The number of alkyl halides is 2. The van der Waals surface area contributed by atoms with Gasteiger partial charge < -0.3 is 10.2 Å². The first-order valence-electron chi connectivity index (χ1n) is 4.97. The van der Waals surface area contributed by atoms with Crippen molar-refractivity contribution < 1.29 is 23.8 Å². The molecule has 6 heteroatoms. The number of nitrogens with zero attached hydrogens (tertiary/aromatic N) is 1. The van der Waals surface area contributed by atoms with Gasteiger partial charge in [0, 0.05) is 12.6 Å². The number of hydrogen-bond acceptors (Lipinski definition) is 3. The average molecular weight is 221 g/mol. The van der Waals surface area contributed by atoms with Gasteiger partial charge in [0.25, 0.3) is 0 Å². The number of halogens is 2. The lowest BCUT2D eigenvalue weighted by Gasteiger charge is -2.34. The minimum atomic E-state index is -4.06. The van der Waals surface area contributed by atoms with Crippen LogP contribution in [0.25, 0.3) is 0 Å². The third kappa shape index (κ3) is 1.28. The molecule has 2 N–H and O–H groups in total. The van der Waals surface area contributed by atoms with E-state index in [1.165, 1.54) is 0 Å². The van der Waals surface area contributed by atoms with E-state index in [0.29, 0.717) is 19.5 Å².